The summed E-state index contributed by atoms with van der Waals surface area (Å²) in [6.45, 7) is 5.03. The van der Waals surface area contributed by atoms with Crippen LogP contribution in [0.5, 0.6) is 0 Å². The third-order valence-electron chi connectivity index (χ3n) is 4.25. The van der Waals surface area contributed by atoms with E-state index in [1.54, 1.807) is 17.3 Å². The normalized spacial score (nSPS) is 24.8. The molecule has 0 saturated heterocycles. The molecule has 1 aliphatic carbocycles. The highest BCUT2D eigenvalue weighted by Crippen LogP contribution is 2.37. The van der Waals surface area contributed by atoms with Crippen LogP contribution in [0.25, 0.3) is 0 Å². The van der Waals surface area contributed by atoms with Gasteiger partial charge in [0, 0.05) is 25.5 Å². The van der Waals surface area contributed by atoms with E-state index in [2.05, 4.69) is 4.98 Å². The van der Waals surface area contributed by atoms with Crippen molar-refractivity contribution in [2.24, 2.45) is 17.8 Å². The van der Waals surface area contributed by atoms with Gasteiger partial charge in [0.05, 0.1) is 11.8 Å². The number of carbonyl (C=O) groups is 2. The van der Waals surface area contributed by atoms with E-state index in [0.29, 0.717) is 31.8 Å². The van der Waals surface area contributed by atoms with E-state index < -0.39 is 11.9 Å². The summed E-state index contributed by atoms with van der Waals surface area (Å²) in [5, 5.41) is 9.32. The van der Waals surface area contributed by atoms with Crippen LogP contribution in [0.3, 0.4) is 0 Å². The molecule has 1 aromatic heterocycles. The van der Waals surface area contributed by atoms with E-state index in [1.165, 1.54) is 0 Å². The highest BCUT2D eigenvalue weighted by atomic mass is 16.4. The van der Waals surface area contributed by atoms with E-state index in [4.69, 9.17) is 0 Å². The molecule has 0 aliphatic heterocycles. The lowest BCUT2D eigenvalue weighted by Crippen LogP contribution is -2.38. The second kappa shape index (κ2) is 6.70. The van der Waals surface area contributed by atoms with Gasteiger partial charge in [0.25, 0.3) is 0 Å². The van der Waals surface area contributed by atoms with Crippen LogP contribution in [0.15, 0.2) is 24.5 Å². The van der Waals surface area contributed by atoms with Gasteiger partial charge in [-0.05, 0) is 43.4 Å². The third kappa shape index (κ3) is 3.60. The Bertz CT molecular complexity index is 504. The Labute approximate surface area is 125 Å². The Balaban J connectivity index is 2.10. The number of nitrogens with zero attached hydrogens (tertiary/aromatic N) is 2. The van der Waals surface area contributed by atoms with Crippen LogP contribution in [-0.2, 0) is 16.1 Å². The Morgan fingerprint density at radius 1 is 1.29 bits per heavy atom. The van der Waals surface area contributed by atoms with Crippen LogP contribution in [0.2, 0.25) is 0 Å². The summed E-state index contributed by atoms with van der Waals surface area (Å²) in [6.07, 6.45) is 4.66. The van der Waals surface area contributed by atoms with Crippen molar-refractivity contribution in [1.82, 2.24) is 9.88 Å². The lowest BCUT2D eigenvalue weighted by molar-refractivity contribution is -0.149. The quantitative estimate of drug-likeness (QED) is 0.902. The van der Waals surface area contributed by atoms with E-state index >= 15 is 0 Å². The number of hydrogen-bond acceptors (Lipinski definition) is 3. The third-order valence-corrected chi connectivity index (χ3v) is 4.25. The van der Waals surface area contributed by atoms with Crippen molar-refractivity contribution in [3.05, 3.63) is 30.1 Å². The lowest BCUT2D eigenvalue weighted by atomic mass is 9.94. The van der Waals surface area contributed by atoms with Gasteiger partial charge in [0.15, 0.2) is 0 Å². The summed E-state index contributed by atoms with van der Waals surface area (Å²) >= 11 is 0. The number of aliphatic carboxylic acids is 1. The summed E-state index contributed by atoms with van der Waals surface area (Å²) in [4.78, 5) is 29.7. The van der Waals surface area contributed by atoms with Crippen molar-refractivity contribution in [3.8, 4) is 0 Å². The van der Waals surface area contributed by atoms with E-state index in [9.17, 15) is 14.7 Å². The van der Waals surface area contributed by atoms with Crippen molar-refractivity contribution in [2.75, 3.05) is 6.54 Å². The zero-order valence-corrected chi connectivity index (χ0v) is 12.5. The molecule has 0 spiro atoms. The van der Waals surface area contributed by atoms with Gasteiger partial charge >= 0.3 is 5.97 Å². The van der Waals surface area contributed by atoms with E-state index in [1.807, 2.05) is 26.0 Å². The SMILES string of the molecule is CCN(Cc1ccncc1)C(=O)C1CC(C)CC1C(=O)O. The van der Waals surface area contributed by atoms with Crippen LogP contribution in [0.4, 0.5) is 0 Å². The van der Waals surface area contributed by atoms with Gasteiger partial charge in [-0.25, -0.2) is 0 Å². The van der Waals surface area contributed by atoms with Gasteiger partial charge in [-0.1, -0.05) is 6.92 Å². The van der Waals surface area contributed by atoms with Crippen LogP contribution in [0.1, 0.15) is 32.3 Å². The second-order valence-electron chi connectivity index (χ2n) is 5.84. The zero-order valence-electron chi connectivity index (χ0n) is 12.5. The number of hydrogen-bond donors (Lipinski definition) is 1. The number of amides is 1. The number of carboxylic acids is 1. The van der Waals surface area contributed by atoms with Gasteiger partial charge in [0.1, 0.15) is 0 Å². The average Bonchev–Trinajstić information content (AvgIpc) is 2.87. The lowest BCUT2D eigenvalue weighted by Gasteiger charge is -2.26. The van der Waals surface area contributed by atoms with E-state index in [-0.39, 0.29) is 11.8 Å². The topological polar surface area (TPSA) is 70.5 Å². The molecule has 21 heavy (non-hydrogen) atoms. The molecule has 1 aromatic rings. The first-order chi connectivity index (χ1) is 10.0. The van der Waals surface area contributed by atoms with Crippen LogP contribution < -0.4 is 0 Å². The molecule has 0 aromatic carbocycles. The Morgan fingerprint density at radius 2 is 1.90 bits per heavy atom. The smallest absolute Gasteiger partial charge is 0.307 e. The molecule has 2 rings (SSSR count). The van der Waals surface area contributed by atoms with Crippen molar-refractivity contribution in [3.63, 3.8) is 0 Å². The summed E-state index contributed by atoms with van der Waals surface area (Å²) in [6, 6.07) is 3.75. The molecule has 1 aliphatic rings. The van der Waals surface area contributed by atoms with Crippen molar-refractivity contribution >= 4 is 11.9 Å². The van der Waals surface area contributed by atoms with Crippen LogP contribution in [-0.4, -0.2) is 33.4 Å². The molecule has 114 valence electrons. The first-order valence-corrected chi connectivity index (χ1v) is 7.43. The van der Waals surface area contributed by atoms with Crippen molar-refractivity contribution in [2.45, 2.75) is 33.2 Å². The minimum absolute atomic E-state index is 0.0361. The second-order valence-corrected chi connectivity index (χ2v) is 5.84. The molecule has 3 atom stereocenters. The Morgan fingerprint density at radius 3 is 2.48 bits per heavy atom. The monoisotopic (exact) mass is 290 g/mol. The summed E-state index contributed by atoms with van der Waals surface area (Å²) < 4.78 is 0. The first kappa shape index (κ1) is 15.5. The molecule has 1 saturated carbocycles. The van der Waals surface area contributed by atoms with Gasteiger partial charge in [-0.15, -0.1) is 0 Å². The minimum atomic E-state index is -0.849. The largest absolute Gasteiger partial charge is 0.481 e. The average molecular weight is 290 g/mol. The maximum atomic E-state index is 12.7. The molecule has 3 unspecified atom stereocenters. The molecular weight excluding hydrogens is 268 g/mol. The van der Waals surface area contributed by atoms with Gasteiger partial charge in [-0.2, -0.15) is 0 Å². The Kier molecular flexibility index (Phi) is 4.94. The number of pyridine rings is 1. The highest BCUT2D eigenvalue weighted by Gasteiger charge is 2.42. The summed E-state index contributed by atoms with van der Waals surface area (Å²) in [5.74, 6) is -1.53. The molecule has 1 amide bonds. The van der Waals surface area contributed by atoms with Gasteiger partial charge in [0.2, 0.25) is 5.91 Å². The van der Waals surface area contributed by atoms with E-state index in [0.717, 1.165) is 5.56 Å². The fraction of sp³-hybridized carbons (Fsp3) is 0.562. The predicted octanol–water partition coefficient (Wildman–Crippen LogP) is 2.18. The first-order valence-electron chi connectivity index (χ1n) is 7.43. The molecule has 5 heteroatoms. The zero-order chi connectivity index (χ0) is 15.4. The molecule has 1 fully saturated rings. The molecule has 5 nitrogen and oxygen atoms in total. The number of carboxylic acid groups (broad SMARTS) is 1. The standard InChI is InChI=1S/C16H22N2O3/c1-3-18(10-12-4-6-17-7-5-12)15(19)13-8-11(2)9-14(13)16(20)21/h4-7,11,13-14H,3,8-10H2,1-2H3,(H,20,21). The maximum absolute atomic E-state index is 12.7. The highest BCUT2D eigenvalue weighted by molar-refractivity contribution is 5.85. The molecule has 0 radical (unpaired) electrons. The van der Waals surface area contributed by atoms with Gasteiger partial charge < -0.3 is 10.0 Å². The minimum Gasteiger partial charge on any atom is -0.481 e. The molecule has 0 bridgehead atoms. The maximum Gasteiger partial charge on any atom is 0.307 e. The summed E-state index contributed by atoms with van der Waals surface area (Å²) in [5.41, 5.74) is 1.01. The number of aromatic nitrogens is 1. The number of rotatable bonds is 5. The van der Waals surface area contributed by atoms with Crippen LogP contribution >= 0.6 is 0 Å². The summed E-state index contributed by atoms with van der Waals surface area (Å²) in [7, 11) is 0. The predicted molar refractivity (Wildman–Crippen MR) is 78.3 cm³/mol. The fourth-order valence-electron chi connectivity index (χ4n) is 3.13. The molecule has 1 N–H and O–H groups in total. The van der Waals surface area contributed by atoms with Crippen LogP contribution in [0, 0.1) is 17.8 Å². The Hall–Kier alpha value is -1.91. The molecule has 1 heterocycles. The van der Waals surface area contributed by atoms with Gasteiger partial charge in [-0.3, -0.25) is 14.6 Å². The molecular formula is C16H22N2O3. The van der Waals surface area contributed by atoms with Crippen molar-refractivity contribution in [1.29, 1.82) is 0 Å². The van der Waals surface area contributed by atoms with Crippen molar-refractivity contribution < 1.29 is 14.7 Å². The fourth-order valence-corrected chi connectivity index (χ4v) is 3.13. The number of carbonyl (C=O) groups excluding carboxylic acids is 1.